The summed E-state index contributed by atoms with van der Waals surface area (Å²) in [6.45, 7) is 4.74. The van der Waals surface area contributed by atoms with Crippen molar-refractivity contribution in [3.8, 4) is 0 Å². The zero-order valence-corrected chi connectivity index (χ0v) is 13.7. The molecule has 0 saturated heterocycles. The highest BCUT2D eigenvalue weighted by Crippen LogP contribution is 2.25. The zero-order chi connectivity index (χ0) is 15.2. The molecular weight excluding hydrogens is 278 g/mol. The van der Waals surface area contributed by atoms with Crippen molar-refractivity contribution < 1.29 is 18.3 Å². The Hall–Kier alpha value is -0.170. The number of sulfone groups is 1. The van der Waals surface area contributed by atoms with Crippen molar-refractivity contribution in [2.24, 2.45) is 5.92 Å². The molecule has 1 fully saturated rings. The lowest BCUT2D eigenvalue weighted by atomic mass is 9.89. The Kier molecular flexibility index (Phi) is 7.43. The van der Waals surface area contributed by atoms with E-state index >= 15 is 0 Å². The van der Waals surface area contributed by atoms with Crippen LogP contribution in [-0.2, 0) is 14.6 Å². The maximum Gasteiger partial charge on any atom is 0.148 e. The molecule has 5 nitrogen and oxygen atoms in total. The van der Waals surface area contributed by atoms with Crippen molar-refractivity contribution >= 4 is 9.84 Å². The number of hydrogen-bond donors (Lipinski definition) is 2. The predicted octanol–water partition coefficient (Wildman–Crippen LogP) is 0.965. The van der Waals surface area contributed by atoms with E-state index in [4.69, 9.17) is 4.74 Å². The van der Waals surface area contributed by atoms with Crippen LogP contribution in [0.2, 0.25) is 0 Å². The Morgan fingerprint density at radius 2 is 1.90 bits per heavy atom. The third-order valence-corrected chi connectivity index (χ3v) is 4.85. The van der Waals surface area contributed by atoms with Gasteiger partial charge in [-0.15, -0.1) is 0 Å². The number of hydrogen-bond acceptors (Lipinski definition) is 5. The largest absolute Gasteiger partial charge is 0.389 e. The van der Waals surface area contributed by atoms with E-state index in [1.807, 2.05) is 0 Å². The molecule has 0 spiro atoms. The van der Waals surface area contributed by atoms with Crippen LogP contribution in [0.5, 0.6) is 0 Å². The molecule has 0 amide bonds. The van der Waals surface area contributed by atoms with Gasteiger partial charge < -0.3 is 15.2 Å². The third-order valence-electron chi connectivity index (χ3n) is 3.74. The van der Waals surface area contributed by atoms with Gasteiger partial charge in [0.25, 0.3) is 0 Å². The van der Waals surface area contributed by atoms with Gasteiger partial charge in [-0.1, -0.05) is 6.92 Å². The molecule has 6 heteroatoms. The second kappa shape index (κ2) is 8.32. The van der Waals surface area contributed by atoms with Crippen LogP contribution in [0.3, 0.4) is 0 Å². The molecule has 0 aromatic carbocycles. The average molecular weight is 307 g/mol. The van der Waals surface area contributed by atoms with Gasteiger partial charge in [0, 0.05) is 18.8 Å². The average Bonchev–Trinajstić information content (AvgIpc) is 2.33. The van der Waals surface area contributed by atoms with Crippen LogP contribution in [0.1, 0.15) is 39.5 Å². The molecule has 1 rings (SSSR count). The lowest BCUT2D eigenvalue weighted by Gasteiger charge is -2.27. The summed E-state index contributed by atoms with van der Waals surface area (Å²) in [6, 6.07) is -0.157. The highest BCUT2D eigenvalue weighted by atomic mass is 32.2. The smallest absolute Gasteiger partial charge is 0.148 e. The summed E-state index contributed by atoms with van der Waals surface area (Å²) >= 11 is 0. The van der Waals surface area contributed by atoms with Gasteiger partial charge in [-0.25, -0.2) is 8.42 Å². The summed E-state index contributed by atoms with van der Waals surface area (Å²) < 4.78 is 28.0. The molecular formula is C14H29NO4S. The molecule has 0 aromatic rings. The van der Waals surface area contributed by atoms with Crippen LogP contribution in [-0.4, -0.2) is 56.9 Å². The van der Waals surface area contributed by atoms with E-state index in [9.17, 15) is 13.5 Å². The van der Waals surface area contributed by atoms with Gasteiger partial charge in [0.2, 0.25) is 0 Å². The lowest BCUT2D eigenvalue weighted by molar-refractivity contribution is -0.0281. The predicted molar refractivity (Wildman–Crippen MR) is 80.6 cm³/mol. The highest BCUT2D eigenvalue weighted by molar-refractivity contribution is 7.90. The van der Waals surface area contributed by atoms with Crippen molar-refractivity contribution in [1.29, 1.82) is 0 Å². The number of aliphatic hydroxyl groups is 1. The Morgan fingerprint density at radius 1 is 1.30 bits per heavy atom. The Balaban J connectivity index is 2.12. The van der Waals surface area contributed by atoms with E-state index < -0.39 is 15.9 Å². The van der Waals surface area contributed by atoms with Crippen molar-refractivity contribution in [3.63, 3.8) is 0 Å². The van der Waals surface area contributed by atoms with Gasteiger partial charge >= 0.3 is 0 Å². The van der Waals surface area contributed by atoms with Gasteiger partial charge in [0.15, 0.2) is 0 Å². The number of ether oxygens (including phenoxy) is 1. The summed E-state index contributed by atoms with van der Waals surface area (Å²) in [5.74, 6) is 0.874. The SMILES string of the molecule is CC1CCC(OCC(O)CNC(C)CS(C)(=O)=O)CC1. The third kappa shape index (κ3) is 8.19. The summed E-state index contributed by atoms with van der Waals surface area (Å²) in [4.78, 5) is 0. The monoisotopic (exact) mass is 307 g/mol. The van der Waals surface area contributed by atoms with Gasteiger partial charge in [0.1, 0.15) is 9.84 Å². The van der Waals surface area contributed by atoms with Crippen LogP contribution < -0.4 is 5.32 Å². The van der Waals surface area contributed by atoms with Crippen LogP contribution in [0, 0.1) is 5.92 Å². The van der Waals surface area contributed by atoms with E-state index in [0.29, 0.717) is 13.2 Å². The maximum atomic E-state index is 11.1. The molecule has 20 heavy (non-hydrogen) atoms. The first-order chi connectivity index (χ1) is 9.26. The van der Waals surface area contributed by atoms with Crippen molar-refractivity contribution in [1.82, 2.24) is 5.32 Å². The molecule has 1 saturated carbocycles. The molecule has 0 aliphatic heterocycles. The molecule has 2 atom stereocenters. The topological polar surface area (TPSA) is 75.6 Å². The molecule has 2 unspecified atom stereocenters. The normalized spacial score (nSPS) is 27.2. The fourth-order valence-electron chi connectivity index (χ4n) is 2.55. The van der Waals surface area contributed by atoms with Crippen LogP contribution in [0.4, 0.5) is 0 Å². The fraction of sp³-hybridized carbons (Fsp3) is 1.00. The second-order valence-corrected chi connectivity index (χ2v) is 8.46. The first-order valence-electron chi connectivity index (χ1n) is 7.47. The minimum Gasteiger partial charge on any atom is -0.389 e. The molecule has 1 aliphatic rings. The molecule has 0 bridgehead atoms. The van der Waals surface area contributed by atoms with Crippen LogP contribution in [0.25, 0.3) is 0 Å². The van der Waals surface area contributed by atoms with Gasteiger partial charge in [-0.2, -0.15) is 0 Å². The maximum absolute atomic E-state index is 11.1. The summed E-state index contributed by atoms with van der Waals surface area (Å²) in [6.07, 6.45) is 5.45. The molecule has 1 aliphatic carbocycles. The number of nitrogens with one attached hydrogen (secondary N) is 1. The van der Waals surface area contributed by atoms with E-state index in [-0.39, 0.29) is 17.9 Å². The second-order valence-electron chi connectivity index (χ2n) is 6.27. The Labute approximate surface area is 123 Å². The molecule has 120 valence electrons. The van der Waals surface area contributed by atoms with Crippen molar-refractivity contribution in [2.75, 3.05) is 25.2 Å². The molecule has 0 aromatic heterocycles. The lowest BCUT2D eigenvalue weighted by Crippen LogP contribution is -2.40. The van der Waals surface area contributed by atoms with Crippen LogP contribution >= 0.6 is 0 Å². The molecule has 2 N–H and O–H groups in total. The standard InChI is InChI=1S/C14H29NO4S/c1-11-4-6-14(7-5-11)19-9-13(16)8-15-12(2)10-20(3,17)18/h11-16H,4-10H2,1-3H3. The molecule has 0 heterocycles. The number of rotatable bonds is 8. The first-order valence-corrected chi connectivity index (χ1v) is 9.53. The minimum atomic E-state index is -2.98. The minimum absolute atomic E-state index is 0.0844. The van der Waals surface area contributed by atoms with Gasteiger partial charge in [-0.05, 0) is 38.5 Å². The Bertz CT molecular complexity index is 363. The van der Waals surface area contributed by atoms with Gasteiger partial charge in [-0.3, -0.25) is 0 Å². The fourth-order valence-corrected chi connectivity index (χ4v) is 3.58. The quantitative estimate of drug-likeness (QED) is 0.699. The highest BCUT2D eigenvalue weighted by Gasteiger charge is 2.20. The van der Waals surface area contributed by atoms with E-state index in [1.165, 1.54) is 19.1 Å². The number of aliphatic hydroxyl groups excluding tert-OH is 1. The van der Waals surface area contributed by atoms with E-state index in [2.05, 4.69) is 12.2 Å². The summed E-state index contributed by atoms with van der Waals surface area (Å²) in [7, 11) is -2.98. The van der Waals surface area contributed by atoms with Crippen molar-refractivity contribution in [2.45, 2.75) is 57.8 Å². The van der Waals surface area contributed by atoms with E-state index in [0.717, 1.165) is 18.8 Å². The van der Waals surface area contributed by atoms with Crippen LogP contribution in [0.15, 0.2) is 0 Å². The van der Waals surface area contributed by atoms with Gasteiger partial charge in [0.05, 0.1) is 24.6 Å². The first kappa shape index (κ1) is 17.9. The Morgan fingerprint density at radius 3 is 2.45 bits per heavy atom. The van der Waals surface area contributed by atoms with Crippen molar-refractivity contribution in [3.05, 3.63) is 0 Å². The summed E-state index contributed by atoms with van der Waals surface area (Å²) in [5, 5.41) is 12.9. The summed E-state index contributed by atoms with van der Waals surface area (Å²) in [5.41, 5.74) is 0. The molecule has 0 radical (unpaired) electrons. The van der Waals surface area contributed by atoms with E-state index in [1.54, 1.807) is 6.92 Å². The zero-order valence-electron chi connectivity index (χ0n) is 12.8.